The molecule has 58 heavy (non-hydrogen) atoms. The molecule has 5 nitrogen and oxygen atoms in total. The predicted octanol–water partition coefficient (Wildman–Crippen LogP) is 10.5. The molecule has 0 saturated heterocycles. The molecule has 2 aliphatic rings. The molecule has 1 aromatic heterocycles. The van der Waals surface area contributed by atoms with Gasteiger partial charge in [0, 0.05) is 48.8 Å². The molecule has 0 fully saturated rings. The lowest BCUT2D eigenvalue weighted by atomic mass is 9.34. The van der Waals surface area contributed by atoms with Gasteiger partial charge in [0.25, 0.3) is 0 Å². The Labute approximate surface area is 340 Å². The first-order valence-corrected chi connectivity index (χ1v) is 19.9. The van der Waals surface area contributed by atoms with Gasteiger partial charge in [-0.2, -0.15) is 15.8 Å². The Morgan fingerprint density at radius 1 is 0.466 bits per heavy atom. The highest BCUT2D eigenvalue weighted by Crippen LogP contribution is 2.50. The van der Waals surface area contributed by atoms with Crippen LogP contribution >= 0.6 is 11.8 Å². The smallest absolute Gasteiger partial charge is 0.249 e. The molecule has 0 bridgehead atoms. The maximum Gasteiger partial charge on any atom is 0.249 e. The number of benzene rings is 8. The number of nitrogens with zero attached hydrogens (tertiary/aromatic N) is 5. The molecule has 0 saturated carbocycles. The van der Waals surface area contributed by atoms with Crippen molar-refractivity contribution in [3.05, 3.63) is 187 Å². The van der Waals surface area contributed by atoms with Gasteiger partial charge in [-0.15, -0.1) is 0 Å². The van der Waals surface area contributed by atoms with Crippen LogP contribution in [-0.4, -0.2) is 11.3 Å². The van der Waals surface area contributed by atoms with Crippen LogP contribution in [0.2, 0.25) is 0 Å². The van der Waals surface area contributed by atoms with E-state index in [2.05, 4.69) is 149 Å². The van der Waals surface area contributed by atoms with Crippen LogP contribution in [0.4, 0.5) is 17.1 Å². The van der Waals surface area contributed by atoms with Crippen molar-refractivity contribution in [3.8, 4) is 46.1 Å². The van der Waals surface area contributed by atoms with Crippen LogP contribution in [0.25, 0.3) is 49.7 Å². The molecule has 11 rings (SSSR count). The molecule has 0 spiro atoms. The summed E-state index contributed by atoms with van der Waals surface area (Å²) in [6.07, 6.45) is 0. The lowest BCUT2D eigenvalue weighted by Gasteiger charge is -2.42. The van der Waals surface area contributed by atoms with Crippen LogP contribution in [0.15, 0.2) is 180 Å². The molecule has 0 N–H and O–H groups in total. The van der Waals surface area contributed by atoms with Crippen molar-refractivity contribution in [3.63, 3.8) is 0 Å². The summed E-state index contributed by atoms with van der Waals surface area (Å²) in [5, 5.41) is 32.4. The standard InChI is InChI=1S/C51H28BN5S/c53-29-32-18-21-45-41(24-32)40-14-7-8-17-44(40)56(45)37-27-47-50-49(28-37)58-48-23-20-34(31-55)26-43(48)52(50)42-25-33(30-54)19-22-46(42)57(47)51-38(35-10-3-1-4-11-35)15-9-16-39(51)36-12-5-2-6-13-36/h1-28H. The highest BCUT2D eigenvalue weighted by molar-refractivity contribution is 8.00. The summed E-state index contributed by atoms with van der Waals surface area (Å²) in [4.78, 5) is 4.60. The van der Waals surface area contributed by atoms with E-state index in [0.29, 0.717) is 16.7 Å². The van der Waals surface area contributed by atoms with Crippen molar-refractivity contribution in [2.24, 2.45) is 0 Å². The largest absolute Gasteiger partial charge is 0.310 e. The van der Waals surface area contributed by atoms with E-state index in [9.17, 15) is 15.8 Å². The van der Waals surface area contributed by atoms with Gasteiger partial charge in [-0.05, 0) is 94.8 Å². The van der Waals surface area contributed by atoms with Crippen molar-refractivity contribution in [1.29, 1.82) is 15.8 Å². The minimum absolute atomic E-state index is 0.233. The molecular weight excluding hydrogens is 725 g/mol. The van der Waals surface area contributed by atoms with Gasteiger partial charge in [0.05, 0.1) is 51.6 Å². The normalized spacial score (nSPS) is 12.3. The third kappa shape index (κ3) is 5.04. The van der Waals surface area contributed by atoms with Crippen LogP contribution < -0.4 is 21.3 Å². The van der Waals surface area contributed by atoms with Crippen molar-refractivity contribution in [2.75, 3.05) is 4.90 Å². The second-order valence-electron chi connectivity index (χ2n) is 14.6. The molecule has 8 aromatic carbocycles. The second-order valence-corrected chi connectivity index (χ2v) is 15.7. The number of nitriles is 3. The number of anilines is 3. The van der Waals surface area contributed by atoms with E-state index in [1.54, 1.807) is 11.8 Å². The van der Waals surface area contributed by atoms with Crippen LogP contribution in [0, 0.1) is 34.0 Å². The fourth-order valence-corrected chi connectivity index (χ4v) is 10.2. The third-order valence-corrected chi connectivity index (χ3v) is 12.7. The Bertz CT molecular complexity index is 3260. The maximum atomic E-state index is 10.3. The number of fused-ring (bicyclic) bond motifs is 7. The highest BCUT2D eigenvalue weighted by Gasteiger charge is 2.42. The van der Waals surface area contributed by atoms with Gasteiger partial charge >= 0.3 is 0 Å². The zero-order chi connectivity index (χ0) is 38.9. The van der Waals surface area contributed by atoms with Gasteiger partial charge in [-0.25, -0.2) is 0 Å². The van der Waals surface area contributed by atoms with E-state index in [1.807, 2.05) is 48.5 Å². The quantitative estimate of drug-likeness (QED) is 0.167. The molecule has 7 heteroatoms. The Morgan fingerprint density at radius 3 is 1.78 bits per heavy atom. The van der Waals surface area contributed by atoms with Gasteiger partial charge in [-0.1, -0.05) is 114 Å². The predicted molar refractivity (Wildman–Crippen MR) is 236 cm³/mol. The van der Waals surface area contributed by atoms with Crippen LogP contribution in [-0.2, 0) is 0 Å². The summed E-state index contributed by atoms with van der Waals surface area (Å²) in [5.74, 6) is 0. The fraction of sp³-hybridized carbons (Fsp3) is 0. The average molecular weight is 754 g/mol. The molecule has 0 unspecified atom stereocenters. The van der Waals surface area contributed by atoms with Crippen molar-refractivity contribution < 1.29 is 0 Å². The van der Waals surface area contributed by atoms with Gasteiger partial charge in [-0.3, -0.25) is 0 Å². The first kappa shape index (κ1) is 33.6. The van der Waals surface area contributed by atoms with Crippen molar-refractivity contribution >= 4 is 73.7 Å². The third-order valence-electron chi connectivity index (χ3n) is 11.5. The molecule has 0 amide bonds. The van der Waals surface area contributed by atoms with Crippen LogP contribution in [0.1, 0.15) is 16.7 Å². The van der Waals surface area contributed by atoms with E-state index < -0.39 is 0 Å². The van der Waals surface area contributed by atoms with E-state index in [1.165, 1.54) is 0 Å². The summed E-state index contributed by atoms with van der Waals surface area (Å²) in [7, 11) is 0. The molecule has 3 heterocycles. The van der Waals surface area contributed by atoms with Gasteiger partial charge < -0.3 is 9.47 Å². The summed E-state index contributed by atoms with van der Waals surface area (Å²) in [6.45, 7) is -0.233. The molecular formula is C51H28BN5S. The minimum Gasteiger partial charge on any atom is -0.310 e. The lowest BCUT2D eigenvalue weighted by Crippen LogP contribution is -2.60. The topological polar surface area (TPSA) is 79.5 Å². The number of hydrogen-bond donors (Lipinski definition) is 0. The fourth-order valence-electron chi connectivity index (χ4n) is 9.06. The van der Waals surface area contributed by atoms with Crippen molar-refractivity contribution in [1.82, 2.24) is 4.57 Å². The number of hydrogen-bond acceptors (Lipinski definition) is 5. The zero-order valence-electron chi connectivity index (χ0n) is 30.9. The monoisotopic (exact) mass is 753 g/mol. The van der Waals surface area contributed by atoms with Crippen molar-refractivity contribution in [2.45, 2.75) is 9.79 Å². The molecule has 0 atom stereocenters. The molecule has 9 aromatic rings. The zero-order valence-corrected chi connectivity index (χ0v) is 31.7. The lowest BCUT2D eigenvalue weighted by molar-refractivity contribution is 1.15. The summed E-state index contributed by atoms with van der Waals surface area (Å²) >= 11 is 1.72. The van der Waals surface area contributed by atoms with Gasteiger partial charge in [0.15, 0.2) is 0 Å². The van der Waals surface area contributed by atoms with Crippen LogP contribution in [0.5, 0.6) is 0 Å². The Kier molecular flexibility index (Phi) is 7.63. The molecule has 0 radical (unpaired) electrons. The Morgan fingerprint density at radius 2 is 1.07 bits per heavy atom. The van der Waals surface area contributed by atoms with Gasteiger partial charge in [0.2, 0.25) is 6.71 Å². The maximum absolute atomic E-state index is 10.3. The van der Waals surface area contributed by atoms with E-state index in [0.717, 1.165) is 93.0 Å². The Hall–Kier alpha value is -7.76. The van der Waals surface area contributed by atoms with E-state index >= 15 is 0 Å². The average Bonchev–Trinajstić information content (AvgIpc) is 3.62. The first-order chi connectivity index (χ1) is 28.6. The Balaban J connectivity index is 1.30. The first-order valence-electron chi connectivity index (χ1n) is 19.0. The number of rotatable bonds is 4. The molecule has 0 aliphatic carbocycles. The summed E-state index contributed by atoms with van der Waals surface area (Å²) in [6, 6.07) is 65.7. The molecule has 266 valence electrons. The van der Waals surface area contributed by atoms with Crippen LogP contribution in [0.3, 0.4) is 0 Å². The highest BCUT2D eigenvalue weighted by atomic mass is 32.2. The van der Waals surface area contributed by atoms with E-state index in [-0.39, 0.29) is 6.71 Å². The van der Waals surface area contributed by atoms with Gasteiger partial charge in [0.1, 0.15) is 0 Å². The summed E-state index contributed by atoms with van der Waals surface area (Å²) < 4.78 is 2.32. The second kappa shape index (κ2) is 13.2. The van der Waals surface area contributed by atoms with E-state index in [4.69, 9.17) is 0 Å². The molecule has 2 aliphatic heterocycles. The minimum atomic E-state index is -0.233. The number of para-hydroxylation sites is 2. The number of aromatic nitrogens is 1. The SMILES string of the molecule is N#Cc1ccc2c(c1)B1c3cc(C#N)ccc3N(c3c(-c4ccccc4)cccc3-c3ccccc3)c3cc(-n4c5ccccc5c5cc(C#N)ccc54)cc(c31)S2. The summed E-state index contributed by atoms with van der Waals surface area (Å²) in [5.41, 5.74) is 15.4.